The minimum atomic E-state index is -0.117. The first kappa shape index (κ1) is 12.9. The van der Waals surface area contributed by atoms with Gasteiger partial charge < -0.3 is 5.11 Å². The molecule has 1 saturated heterocycles. The zero-order chi connectivity index (χ0) is 13.1. The first-order chi connectivity index (χ1) is 8.61. The number of benzene rings is 1. The van der Waals surface area contributed by atoms with Crippen molar-refractivity contribution in [3.8, 4) is 5.75 Å². The highest BCUT2D eigenvalue weighted by Crippen LogP contribution is 2.32. The molecular weight excluding hydrogens is 266 g/mol. The van der Waals surface area contributed by atoms with Gasteiger partial charge in [-0.3, -0.25) is 9.69 Å². The van der Waals surface area contributed by atoms with E-state index in [0.717, 1.165) is 5.56 Å². The van der Waals surface area contributed by atoms with Crippen LogP contribution in [0.25, 0.3) is 6.08 Å². The normalized spacial score (nSPS) is 17.6. The summed E-state index contributed by atoms with van der Waals surface area (Å²) in [4.78, 5) is 14.1. The fraction of sp³-hybridized carbons (Fsp3) is 0.0769. The first-order valence-electron chi connectivity index (χ1n) is 5.27. The van der Waals surface area contributed by atoms with E-state index in [1.165, 1.54) is 16.7 Å². The topological polar surface area (TPSA) is 40.5 Å². The molecule has 1 aliphatic heterocycles. The second-order valence-electron chi connectivity index (χ2n) is 3.68. The Morgan fingerprint density at radius 3 is 2.94 bits per heavy atom. The number of hydrogen-bond acceptors (Lipinski definition) is 4. The third-order valence-electron chi connectivity index (χ3n) is 2.35. The van der Waals surface area contributed by atoms with E-state index >= 15 is 0 Å². The van der Waals surface area contributed by atoms with Gasteiger partial charge in [0.1, 0.15) is 10.1 Å². The minimum absolute atomic E-state index is 0.117. The van der Waals surface area contributed by atoms with Crippen LogP contribution in [0.1, 0.15) is 5.56 Å². The van der Waals surface area contributed by atoms with Crippen LogP contribution >= 0.6 is 24.0 Å². The third-order valence-corrected chi connectivity index (χ3v) is 3.73. The van der Waals surface area contributed by atoms with E-state index in [0.29, 0.717) is 15.8 Å². The zero-order valence-corrected chi connectivity index (χ0v) is 11.1. The summed E-state index contributed by atoms with van der Waals surface area (Å²) < 4.78 is 0.534. The number of carbonyl (C=O) groups excluding carboxylic acids is 1. The first-order valence-corrected chi connectivity index (χ1v) is 6.49. The van der Waals surface area contributed by atoms with Crippen molar-refractivity contribution in [1.82, 2.24) is 4.90 Å². The fourth-order valence-corrected chi connectivity index (χ4v) is 2.83. The molecule has 2 rings (SSSR count). The maximum Gasteiger partial charge on any atom is 0.266 e. The fourth-order valence-electron chi connectivity index (χ4n) is 1.55. The monoisotopic (exact) mass is 277 g/mol. The van der Waals surface area contributed by atoms with Gasteiger partial charge in [-0.25, -0.2) is 0 Å². The van der Waals surface area contributed by atoms with Gasteiger partial charge in [-0.05, 0) is 23.8 Å². The maximum absolute atomic E-state index is 12.0. The van der Waals surface area contributed by atoms with E-state index in [1.807, 2.05) is 6.07 Å². The van der Waals surface area contributed by atoms with Crippen LogP contribution in [-0.2, 0) is 4.79 Å². The van der Waals surface area contributed by atoms with Gasteiger partial charge >= 0.3 is 0 Å². The van der Waals surface area contributed by atoms with Crippen LogP contribution in [-0.4, -0.2) is 26.8 Å². The summed E-state index contributed by atoms with van der Waals surface area (Å²) in [6, 6.07) is 6.73. The Hall–Kier alpha value is -1.59. The van der Waals surface area contributed by atoms with Crippen LogP contribution in [0.15, 0.2) is 41.8 Å². The number of amides is 1. The molecule has 1 amide bonds. The summed E-state index contributed by atoms with van der Waals surface area (Å²) in [5, 5.41) is 9.37. The molecule has 0 saturated carbocycles. The van der Waals surface area contributed by atoms with Crippen LogP contribution in [0.5, 0.6) is 5.75 Å². The van der Waals surface area contributed by atoms with Crippen LogP contribution in [0.4, 0.5) is 0 Å². The van der Waals surface area contributed by atoms with Gasteiger partial charge in [0.2, 0.25) is 0 Å². The van der Waals surface area contributed by atoms with Crippen molar-refractivity contribution in [3.63, 3.8) is 0 Å². The van der Waals surface area contributed by atoms with Crippen molar-refractivity contribution in [2.45, 2.75) is 0 Å². The van der Waals surface area contributed by atoms with Gasteiger partial charge in [0.15, 0.2) is 0 Å². The lowest BCUT2D eigenvalue weighted by atomic mass is 10.2. The van der Waals surface area contributed by atoms with Gasteiger partial charge in [0.05, 0.1) is 4.91 Å². The molecule has 3 nitrogen and oxygen atoms in total. The SMILES string of the molecule is C=CCN1C(=O)/C(=C/c2cccc(O)c2)SC1=S. The van der Waals surface area contributed by atoms with Gasteiger partial charge in [0.25, 0.3) is 5.91 Å². The van der Waals surface area contributed by atoms with Crippen molar-refractivity contribution in [3.05, 3.63) is 47.4 Å². The van der Waals surface area contributed by atoms with Crippen molar-refractivity contribution in [2.75, 3.05) is 6.54 Å². The molecule has 1 fully saturated rings. The quantitative estimate of drug-likeness (QED) is 0.524. The summed E-state index contributed by atoms with van der Waals surface area (Å²) in [5.41, 5.74) is 0.772. The number of nitrogens with zero attached hydrogens (tertiary/aromatic N) is 1. The zero-order valence-electron chi connectivity index (χ0n) is 9.50. The summed E-state index contributed by atoms with van der Waals surface area (Å²) >= 11 is 6.39. The predicted octanol–water partition coefficient (Wildman–Crippen LogP) is 2.78. The average molecular weight is 277 g/mol. The van der Waals surface area contributed by atoms with Crippen molar-refractivity contribution in [2.24, 2.45) is 0 Å². The van der Waals surface area contributed by atoms with E-state index in [9.17, 15) is 9.90 Å². The molecule has 0 radical (unpaired) electrons. The van der Waals surface area contributed by atoms with Gasteiger partial charge in [-0.1, -0.05) is 42.2 Å². The van der Waals surface area contributed by atoms with Crippen molar-refractivity contribution in [1.29, 1.82) is 0 Å². The van der Waals surface area contributed by atoms with E-state index in [2.05, 4.69) is 6.58 Å². The molecule has 5 heteroatoms. The number of phenolic OH excluding ortho intramolecular Hbond substituents is 1. The molecule has 1 aromatic rings. The number of thiocarbonyl (C=S) groups is 1. The molecule has 1 aromatic carbocycles. The minimum Gasteiger partial charge on any atom is -0.508 e. The lowest BCUT2D eigenvalue weighted by Gasteiger charge is -2.10. The highest BCUT2D eigenvalue weighted by Gasteiger charge is 2.30. The van der Waals surface area contributed by atoms with Gasteiger partial charge in [0, 0.05) is 6.54 Å². The smallest absolute Gasteiger partial charge is 0.266 e. The van der Waals surface area contributed by atoms with Crippen LogP contribution in [0.2, 0.25) is 0 Å². The predicted molar refractivity (Wildman–Crippen MR) is 78.2 cm³/mol. The highest BCUT2D eigenvalue weighted by molar-refractivity contribution is 8.26. The Bertz CT molecular complexity index is 552. The summed E-state index contributed by atoms with van der Waals surface area (Å²) in [6.07, 6.45) is 3.37. The van der Waals surface area contributed by atoms with E-state index in [4.69, 9.17) is 12.2 Å². The Labute approximate surface area is 115 Å². The van der Waals surface area contributed by atoms with Gasteiger partial charge in [-0.2, -0.15) is 0 Å². The molecule has 0 bridgehead atoms. The van der Waals surface area contributed by atoms with Gasteiger partial charge in [-0.15, -0.1) is 6.58 Å². The Balaban J connectivity index is 2.27. The molecule has 1 aliphatic rings. The standard InChI is InChI=1S/C13H11NO2S2/c1-2-6-14-12(16)11(18-13(14)17)8-9-4-3-5-10(15)7-9/h2-5,7-8,15H,1,6H2/b11-8-. The number of hydrogen-bond donors (Lipinski definition) is 1. The third kappa shape index (κ3) is 2.63. The number of phenols is 1. The summed E-state index contributed by atoms with van der Waals surface area (Å²) in [6.45, 7) is 4.02. The average Bonchev–Trinajstić information content (AvgIpc) is 2.57. The lowest BCUT2D eigenvalue weighted by molar-refractivity contribution is -0.121. The molecule has 0 atom stereocenters. The molecule has 18 heavy (non-hydrogen) atoms. The second kappa shape index (κ2) is 5.37. The maximum atomic E-state index is 12.0. The van der Waals surface area contributed by atoms with E-state index in [-0.39, 0.29) is 11.7 Å². The summed E-state index contributed by atoms with van der Waals surface area (Å²) in [7, 11) is 0. The van der Waals surface area contributed by atoms with E-state index < -0.39 is 0 Å². The number of carbonyl (C=O) groups is 1. The molecule has 92 valence electrons. The molecular formula is C13H11NO2S2. The molecule has 1 N–H and O–H groups in total. The Kier molecular flexibility index (Phi) is 3.84. The molecule has 0 unspecified atom stereocenters. The number of rotatable bonds is 3. The van der Waals surface area contributed by atoms with Crippen LogP contribution in [0.3, 0.4) is 0 Å². The summed E-state index contributed by atoms with van der Waals surface area (Å²) in [5.74, 6) is 0.0542. The number of thioether (sulfide) groups is 1. The molecule has 1 heterocycles. The Morgan fingerprint density at radius 2 is 2.28 bits per heavy atom. The Morgan fingerprint density at radius 1 is 1.50 bits per heavy atom. The lowest BCUT2D eigenvalue weighted by Crippen LogP contribution is -2.27. The molecule has 0 spiro atoms. The highest BCUT2D eigenvalue weighted by atomic mass is 32.2. The molecule has 0 aromatic heterocycles. The largest absolute Gasteiger partial charge is 0.508 e. The van der Waals surface area contributed by atoms with E-state index in [1.54, 1.807) is 30.4 Å². The second-order valence-corrected chi connectivity index (χ2v) is 5.35. The number of aromatic hydroxyl groups is 1. The van der Waals surface area contributed by atoms with Crippen LogP contribution < -0.4 is 0 Å². The molecule has 0 aliphatic carbocycles. The van der Waals surface area contributed by atoms with Crippen molar-refractivity contribution >= 4 is 40.3 Å². The van der Waals surface area contributed by atoms with Crippen molar-refractivity contribution < 1.29 is 9.90 Å². The van der Waals surface area contributed by atoms with Crippen LogP contribution in [0, 0.1) is 0 Å².